The van der Waals surface area contributed by atoms with E-state index in [0.717, 1.165) is 11.3 Å². The molecule has 1 rings (SSSR count). The molecule has 0 radical (unpaired) electrons. The van der Waals surface area contributed by atoms with Gasteiger partial charge in [0.05, 0.1) is 32.1 Å². The van der Waals surface area contributed by atoms with Crippen LogP contribution in [0.25, 0.3) is 0 Å². The summed E-state index contributed by atoms with van der Waals surface area (Å²) in [6.07, 6.45) is 0.240. The molecule has 0 saturated carbocycles. The van der Waals surface area contributed by atoms with E-state index in [0.29, 0.717) is 44.3 Å². The Bertz CT molecular complexity index is 846. The summed E-state index contributed by atoms with van der Waals surface area (Å²) in [7, 11) is 0. The molecule has 0 aromatic heterocycles. The van der Waals surface area contributed by atoms with Gasteiger partial charge < -0.3 is 36.4 Å². The Hall–Kier alpha value is -3.51. The zero-order valence-electron chi connectivity index (χ0n) is 20.0. The molecule has 34 heavy (non-hydrogen) atoms. The first kappa shape index (κ1) is 28.5. The normalized spacial score (nSPS) is 11.6. The number of amides is 2. The molecule has 1 aromatic carbocycles. The fraction of sp³-hybridized carbons (Fsp3) is 0.500. The van der Waals surface area contributed by atoms with Crippen molar-refractivity contribution in [3.8, 4) is 0 Å². The molecule has 6 N–H and O–H groups in total. The van der Waals surface area contributed by atoms with Gasteiger partial charge in [0.15, 0.2) is 12.4 Å². The number of amidine groups is 2. The van der Waals surface area contributed by atoms with E-state index in [9.17, 15) is 9.59 Å². The summed E-state index contributed by atoms with van der Waals surface area (Å²) in [6.45, 7) is 7.14. The second-order valence-electron chi connectivity index (χ2n) is 7.34. The Kier molecular flexibility index (Phi) is 14.3. The maximum Gasteiger partial charge on any atom is 0.260 e. The lowest BCUT2D eigenvalue weighted by atomic mass is 10.1. The molecule has 0 aliphatic heterocycles. The Morgan fingerprint density at radius 3 is 2.21 bits per heavy atom. The fourth-order valence-corrected chi connectivity index (χ4v) is 2.29. The van der Waals surface area contributed by atoms with Gasteiger partial charge >= 0.3 is 0 Å². The van der Waals surface area contributed by atoms with E-state index in [4.69, 9.17) is 25.8 Å². The molecule has 2 amide bonds. The van der Waals surface area contributed by atoms with Crippen molar-refractivity contribution in [3.05, 3.63) is 35.4 Å². The van der Waals surface area contributed by atoms with E-state index < -0.39 is 0 Å². The maximum atomic E-state index is 11.9. The van der Waals surface area contributed by atoms with Crippen molar-refractivity contribution in [1.29, 1.82) is 0 Å². The molecule has 0 fully saturated rings. The first-order valence-corrected chi connectivity index (χ1v) is 10.8. The first-order valence-electron chi connectivity index (χ1n) is 10.8. The number of nitrogens with zero attached hydrogens (tertiary/aromatic N) is 3. The highest BCUT2D eigenvalue weighted by Crippen LogP contribution is 2.04. The molecule has 1 aromatic rings. The third-order valence-electron chi connectivity index (χ3n) is 3.91. The van der Waals surface area contributed by atoms with Crippen LogP contribution in [0, 0.1) is 0 Å². The molecule has 0 spiro atoms. The molecule has 188 valence electrons. The predicted octanol–water partition coefficient (Wildman–Crippen LogP) is 0.252. The van der Waals surface area contributed by atoms with Crippen molar-refractivity contribution in [2.45, 2.75) is 33.7 Å². The summed E-state index contributed by atoms with van der Waals surface area (Å²) in [4.78, 5) is 28.2. The van der Waals surface area contributed by atoms with Gasteiger partial charge in [-0.05, 0) is 26.3 Å². The number of carbonyl (C=O) groups excluding carboxylic acids is 2. The Balaban J connectivity index is 2.07. The number of rotatable bonds is 16. The molecule has 12 heteroatoms. The second kappa shape index (κ2) is 17.0. The van der Waals surface area contributed by atoms with E-state index >= 15 is 0 Å². The number of carbonyl (C=O) groups is 2. The van der Waals surface area contributed by atoms with Crippen LogP contribution in [0.1, 0.15) is 38.3 Å². The molecule has 0 unspecified atom stereocenters. The van der Waals surface area contributed by atoms with Gasteiger partial charge in [0.25, 0.3) is 5.91 Å². The first-order chi connectivity index (χ1) is 16.3. The predicted molar refractivity (Wildman–Crippen MR) is 130 cm³/mol. The minimum Gasteiger partial charge on any atom is -0.386 e. The van der Waals surface area contributed by atoms with Gasteiger partial charge in [-0.3, -0.25) is 9.59 Å². The van der Waals surface area contributed by atoms with Gasteiger partial charge in [-0.15, -0.1) is 10.2 Å². The molecule has 0 atom stereocenters. The summed E-state index contributed by atoms with van der Waals surface area (Å²) in [6, 6.07) is 7.29. The van der Waals surface area contributed by atoms with Gasteiger partial charge in [0.1, 0.15) is 5.84 Å². The van der Waals surface area contributed by atoms with Crippen LogP contribution in [0.15, 0.2) is 39.6 Å². The van der Waals surface area contributed by atoms with Crippen LogP contribution in [0.2, 0.25) is 0 Å². The lowest BCUT2D eigenvalue weighted by Crippen LogP contribution is -2.30. The minimum absolute atomic E-state index is 0.119. The molecule has 0 heterocycles. The van der Waals surface area contributed by atoms with Crippen LogP contribution < -0.4 is 22.1 Å². The molecule has 0 aliphatic rings. The van der Waals surface area contributed by atoms with Crippen molar-refractivity contribution < 1.29 is 23.9 Å². The average Bonchev–Trinajstić information content (AvgIpc) is 2.80. The fourth-order valence-electron chi connectivity index (χ4n) is 2.29. The van der Waals surface area contributed by atoms with Crippen LogP contribution in [0.3, 0.4) is 0 Å². The number of oxime groups is 1. The zero-order valence-corrected chi connectivity index (χ0v) is 20.0. The Labute approximate surface area is 199 Å². The van der Waals surface area contributed by atoms with Gasteiger partial charge in [-0.1, -0.05) is 29.4 Å². The third kappa shape index (κ3) is 14.5. The molecule has 0 bridgehead atoms. The van der Waals surface area contributed by atoms with Crippen molar-refractivity contribution in [3.63, 3.8) is 0 Å². The zero-order chi connectivity index (χ0) is 25.2. The lowest BCUT2D eigenvalue weighted by molar-refractivity contribution is -0.126. The van der Waals surface area contributed by atoms with Crippen LogP contribution in [0.5, 0.6) is 0 Å². The van der Waals surface area contributed by atoms with E-state index in [1.54, 1.807) is 32.9 Å². The standard InChI is InChI=1S/C22H35N7O5/c1-16(2)29-34-15-21(31)25-9-11-33-13-12-32-10-8-20(30)26-14-18-4-6-19(7-5-18)22(24)28-27-17(3)23/h4-7H,8-15H2,1-3H3,(H2,23,27)(H2,24,28)(H,25,31)(H,26,30). The number of benzene rings is 1. The smallest absolute Gasteiger partial charge is 0.260 e. The van der Waals surface area contributed by atoms with E-state index in [1.165, 1.54) is 0 Å². The summed E-state index contributed by atoms with van der Waals surface area (Å²) in [5, 5.41) is 16.7. The molecular formula is C22H35N7O5. The lowest BCUT2D eigenvalue weighted by Gasteiger charge is -2.08. The third-order valence-corrected chi connectivity index (χ3v) is 3.91. The molecule has 0 aliphatic carbocycles. The van der Waals surface area contributed by atoms with Crippen molar-refractivity contribution >= 4 is 29.2 Å². The monoisotopic (exact) mass is 477 g/mol. The molecular weight excluding hydrogens is 442 g/mol. The van der Waals surface area contributed by atoms with Crippen molar-refractivity contribution in [2.75, 3.05) is 39.6 Å². The Morgan fingerprint density at radius 1 is 0.882 bits per heavy atom. The number of nitrogens with one attached hydrogen (secondary N) is 2. The highest BCUT2D eigenvalue weighted by molar-refractivity contribution is 5.97. The number of ether oxygens (including phenoxy) is 2. The van der Waals surface area contributed by atoms with E-state index in [-0.39, 0.29) is 37.3 Å². The van der Waals surface area contributed by atoms with Gasteiger partial charge in [0.2, 0.25) is 5.91 Å². The van der Waals surface area contributed by atoms with Crippen LogP contribution in [-0.2, 0) is 30.4 Å². The molecule has 12 nitrogen and oxygen atoms in total. The van der Waals surface area contributed by atoms with Crippen molar-refractivity contribution in [1.82, 2.24) is 10.6 Å². The van der Waals surface area contributed by atoms with E-state index in [1.807, 2.05) is 12.1 Å². The van der Waals surface area contributed by atoms with Crippen LogP contribution in [-0.4, -0.2) is 68.8 Å². The van der Waals surface area contributed by atoms with Crippen LogP contribution >= 0.6 is 0 Å². The van der Waals surface area contributed by atoms with Crippen molar-refractivity contribution in [2.24, 2.45) is 26.8 Å². The summed E-state index contributed by atoms with van der Waals surface area (Å²) < 4.78 is 10.7. The number of hydrogen-bond acceptors (Lipinski definition) is 8. The highest BCUT2D eigenvalue weighted by atomic mass is 16.6. The minimum atomic E-state index is -0.267. The van der Waals surface area contributed by atoms with E-state index in [2.05, 4.69) is 26.0 Å². The average molecular weight is 478 g/mol. The van der Waals surface area contributed by atoms with Gasteiger partial charge in [-0.2, -0.15) is 0 Å². The topological polar surface area (TPSA) is 175 Å². The highest BCUT2D eigenvalue weighted by Gasteiger charge is 2.04. The maximum absolute atomic E-state index is 11.9. The quantitative estimate of drug-likeness (QED) is 0.114. The van der Waals surface area contributed by atoms with Crippen LogP contribution in [0.4, 0.5) is 0 Å². The number of hydrogen-bond donors (Lipinski definition) is 4. The largest absolute Gasteiger partial charge is 0.386 e. The molecule has 0 saturated heterocycles. The van der Waals surface area contributed by atoms with Gasteiger partial charge in [0, 0.05) is 25.1 Å². The van der Waals surface area contributed by atoms with Gasteiger partial charge in [-0.25, -0.2) is 0 Å². The second-order valence-corrected chi connectivity index (χ2v) is 7.34. The Morgan fingerprint density at radius 2 is 1.56 bits per heavy atom. The summed E-state index contributed by atoms with van der Waals surface area (Å²) >= 11 is 0. The number of nitrogens with two attached hydrogens (primary N) is 2. The summed E-state index contributed by atoms with van der Waals surface area (Å²) in [5.41, 5.74) is 13.6. The SMILES string of the molecule is CC(C)=NOCC(=O)NCCOCCOCCC(=O)NCc1ccc(/C(N)=N/N=C(/C)N)cc1. The summed E-state index contributed by atoms with van der Waals surface area (Å²) in [5.74, 6) is 0.191.